The van der Waals surface area contributed by atoms with E-state index in [-0.39, 0.29) is 24.0 Å². The first kappa shape index (κ1) is 24.0. The van der Waals surface area contributed by atoms with Crippen LogP contribution in [-0.2, 0) is 19.1 Å². The van der Waals surface area contributed by atoms with E-state index in [9.17, 15) is 19.5 Å². The van der Waals surface area contributed by atoms with Crippen LogP contribution < -0.4 is 0 Å². The minimum atomic E-state index is -1.14. The maximum atomic E-state index is 12.1. The summed E-state index contributed by atoms with van der Waals surface area (Å²) < 4.78 is 4.59. The lowest BCUT2D eigenvalue weighted by Gasteiger charge is -2.12. The number of aliphatic hydroxyl groups is 1. The molecule has 0 fully saturated rings. The van der Waals surface area contributed by atoms with Gasteiger partial charge in [0.25, 0.3) is 0 Å². The molecule has 0 aromatic heterocycles. The Balaban J connectivity index is 2.31. The van der Waals surface area contributed by atoms with Crippen molar-refractivity contribution < 1.29 is 24.2 Å². The van der Waals surface area contributed by atoms with Gasteiger partial charge in [-0.15, -0.1) is 0 Å². The Kier molecular flexibility index (Phi) is 12.1. The average molecular weight is 391 g/mol. The Labute approximate surface area is 168 Å². The number of rotatable bonds is 14. The van der Waals surface area contributed by atoms with E-state index in [2.05, 4.69) is 23.8 Å². The van der Waals surface area contributed by atoms with Gasteiger partial charge < -0.3 is 9.84 Å². The maximum Gasteiger partial charge on any atom is 0.303 e. The molecule has 5 nitrogen and oxygen atoms in total. The highest BCUT2D eigenvalue weighted by Crippen LogP contribution is 2.27. The summed E-state index contributed by atoms with van der Waals surface area (Å²) in [5, 5.41) is 9.75. The number of carbonyl (C=O) groups is 3. The van der Waals surface area contributed by atoms with Gasteiger partial charge in [-0.25, -0.2) is 0 Å². The minimum Gasteiger partial charge on any atom is -0.458 e. The number of hydrogen-bond donors (Lipinski definition) is 1. The first-order valence-electron chi connectivity index (χ1n) is 10.3. The smallest absolute Gasteiger partial charge is 0.303 e. The van der Waals surface area contributed by atoms with Crippen molar-refractivity contribution >= 4 is 17.5 Å². The van der Waals surface area contributed by atoms with Crippen molar-refractivity contribution in [2.24, 2.45) is 11.8 Å². The van der Waals surface area contributed by atoms with Gasteiger partial charge in [-0.3, -0.25) is 14.4 Å². The number of ketones is 2. The summed E-state index contributed by atoms with van der Waals surface area (Å²) in [6.45, 7) is 3.02. The van der Waals surface area contributed by atoms with Gasteiger partial charge in [0.1, 0.15) is 6.10 Å². The van der Waals surface area contributed by atoms with Crippen LogP contribution in [0.5, 0.6) is 0 Å². The Morgan fingerprint density at radius 3 is 2.68 bits per heavy atom. The predicted molar refractivity (Wildman–Crippen MR) is 110 cm³/mol. The van der Waals surface area contributed by atoms with Gasteiger partial charge in [0.05, 0.1) is 0 Å². The summed E-state index contributed by atoms with van der Waals surface area (Å²) in [5.41, 5.74) is 0. The van der Waals surface area contributed by atoms with Gasteiger partial charge >= 0.3 is 5.97 Å². The molecule has 1 unspecified atom stereocenters. The summed E-state index contributed by atoms with van der Waals surface area (Å²) in [6, 6.07) is 0. The lowest BCUT2D eigenvalue weighted by molar-refractivity contribution is -0.148. The van der Waals surface area contributed by atoms with Crippen molar-refractivity contribution in [3.63, 3.8) is 0 Å². The first-order chi connectivity index (χ1) is 13.5. The molecule has 0 aromatic rings. The Bertz CT molecular complexity index is 588. The predicted octanol–water partition coefficient (Wildman–Crippen LogP) is 4.10. The minimum absolute atomic E-state index is 0.0568. The summed E-state index contributed by atoms with van der Waals surface area (Å²) in [5.74, 6) is -0.789. The molecule has 5 heteroatoms. The van der Waals surface area contributed by atoms with Crippen LogP contribution in [0.15, 0.2) is 36.5 Å². The van der Waals surface area contributed by atoms with Crippen LogP contribution in [0.25, 0.3) is 0 Å². The van der Waals surface area contributed by atoms with Gasteiger partial charge in [0.2, 0.25) is 0 Å². The van der Waals surface area contributed by atoms with E-state index in [0.717, 1.165) is 6.42 Å². The van der Waals surface area contributed by atoms with Crippen molar-refractivity contribution in [3.8, 4) is 0 Å². The van der Waals surface area contributed by atoms with Crippen LogP contribution in [-0.4, -0.2) is 35.4 Å². The van der Waals surface area contributed by atoms with Gasteiger partial charge in [-0.05, 0) is 38.2 Å². The van der Waals surface area contributed by atoms with Gasteiger partial charge in [-0.1, -0.05) is 56.6 Å². The van der Waals surface area contributed by atoms with Crippen LogP contribution in [0.4, 0.5) is 0 Å². The van der Waals surface area contributed by atoms with Crippen molar-refractivity contribution in [1.29, 1.82) is 0 Å². The second kappa shape index (κ2) is 14.1. The van der Waals surface area contributed by atoms with Crippen molar-refractivity contribution in [2.45, 2.75) is 71.3 Å². The number of Topliss-reactive ketones (excluding diaryl/α,β-unsaturated/α-hetero) is 1. The number of ether oxygens (including phenoxy) is 1. The molecule has 0 aromatic carbocycles. The second-order valence-electron chi connectivity index (χ2n) is 7.27. The zero-order chi connectivity index (χ0) is 20.8. The highest BCUT2D eigenvalue weighted by molar-refractivity contribution is 5.95. The highest BCUT2D eigenvalue weighted by Gasteiger charge is 2.26. The molecular formula is C23H34O5. The fraction of sp³-hybridized carbons (Fsp3) is 0.609. The fourth-order valence-electron chi connectivity index (χ4n) is 3.11. The highest BCUT2D eigenvalue weighted by atomic mass is 16.5. The number of unbranched alkanes of at least 4 members (excludes halogenated alkanes) is 4. The molecular weight excluding hydrogens is 356 g/mol. The molecule has 0 amide bonds. The number of carbonyl (C=O) groups excluding carboxylic acids is 3. The molecule has 1 aliphatic carbocycles. The molecule has 1 aliphatic rings. The average Bonchev–Trinajstić information content (AvgIpc) is 3.01. The number of esters is 1. The third-order valence-corrected chi connectivity index (χ3v) is 4.85. The molecule has 156 valence electrons. The Morgan fingerprint density at radius 2 is 1.96 bits per heavy atom. The quantitative estimate of drug-likeness (QED) is 0.274. The molecule has 0 aliphatic heterocycles. The molecule has 0 saturated carbocycles. The molecule has 0 radical (unpaired) electrons. The van der Waals surface area contributed by atoms with Crippen molar-refractivity contribution in [1.82, 2.24) is 0 Å². The fourth-order valence-corrected chi connectivity index (χ4v) is 3.11. The van der Waals surface area contributed by atoms with E-state index < -0.39 is 24.5 Å². The van der Waals surface area contributed by atoms with Crippen LogP contribution in [0.3, 0.4) is 0 Å². The summed E-state index contributed by atoms with van der Waals surface area (Å²) in [4.78, 5) is 34.3. The Hall–Kier alpha value is -2.01. The number of allylic oxidation sites excluding steroid dienone is 6. The lowest BCUT2D eigenvalue weighted by Crippen LogP contribution is -2.25. The van der Waals surface area contributed by atoms with E-state index in [1.165, 1.54) is 32.6 Å². The molecule has 28 heavy (non-hydrogen) atoms. The van der Waals surface area contributed by atoms with Gasteiger partial charge in [0, 0.05) is 18.8 Å². The standard InChI is InChI=1S/C23H34O5/c1-3-4-5-6-7-9-12-19-15-16-21(25)20(19)13-10-8-11-14-22(26)23(27)17-28-18(2)24/h8-10,12,15-16,19-20,22,26H,3-7,11,13-14,17H2,1-2H3/b10-8-,12-9+/t19-,20+,22?/m0/s1. The number of aliphatic hydroxyl groups excluding tert-OH is 1. The SMILES string of the molecule is CCCCCC/C=C/[C@H]1C=CC(=O)[C@@H]1C/C=C\CCC(O)C(=O)COC(C)=O. The van der Waals surface area contributed by atoms with Crippen molar-refractivity contribution in [3.05, 3.63) is 36.5 Å². The lowest BCUT2D eigenvalue weighted by atomic mass is 9.90. The Morgan fingerprint density at radius 1 is 1.18 bits per heavy atom. The maximum absolute atomic E-state index is 12.1. The second-order valence-corrected chi connectivity index (χ2v) is 7.27. The zero-order valence-electron chi connectivity index (χ0n) is 17.1. The van der Waals surface area contributed by atoms with E-state index >= 15 is 0 Å². The third kappa shape index (κ3) is 9.79. The molecule has 1 rings (SSSR count). The zero-order valence-corrected chi connectivity index (χ0v) is 17.1. The monoisotopic (exact) mass is 390 g/mol. The van der Waals surface area contributed by atoms with E-state index in [1.54, 1.807) is 6.08 Å². The number of hydrogen-bond acceptors (Lipinski definition) is 5. The van der Waals surface area contributed by atoms with E-state index in [0.29, 0.717) is 12.8 Å². The molecule has 0 saturated heterocycles. The normalized spacial score (nSPS) is 20.3. The third-order valence-electron chi connectivity index (χ3n) is 4.85. The van der Waals surface area contributed by atoms with Gasteiger partial charge in [-0.2, -0.15) is 0 Å². The molecule has 3 atom stereocenters. The van der Waals surface area contributed by atoms with Crippen LogP contribution >= 0.6 is 0 Å². The molecule has 1 N–H and O–H groups in total. The largest absolute Gasteiger partial charge is 0.458 e. The topological polar surface area (TPSA) is 80.7 Å². The van der Waals surface area contributed by atoms with Crippen LogP contribution in [0, 0.1) is 11.8 Å². The summed E-state index contributed by atoms with van der Waals surface area (Å²) in [7, 11) is 0. The molecule has 0 spiro atoms. The van der Waals surface area contributed by atoms with Crippen LogP contribution in [0.2, 0.25) is 0 Å². The molecule has 0 bridgehead atoms. The van der Waals surface area contributed by atoms with Crippen LogP contribution in [0.1, 0.15) is 65.2 Å². The molecule has 0 heterocycles. The van der Waals surface area contributed by atoms with Crippen molar-refractivity contribution in [2.75, 3.05) is 6.61 Å². The summed E-state index contributed by atoms with van der Waals surface area (Å²) in [6.07, 6.45) is 18.1. The first-order valence-corrected chi connectivity index (χ1v) is 10.3. The van der Waals surface area contributed by atoms with Gasteiger partial charge in [0.15, 0.2) is 18.2 Å². The van der Waals surface area contributed by atoms with E-state index in [4.69, 9.17) is 0 Å². The summed E-state index contributed by atoms with van der Waals surface area (Å²) >= 11 is 0. The van der Waals surface area contributed by atoms with E-state index in [1.807, 2.05) is 18.2 Å².